The first kappa shape index (κ1) is 12.4. The normalized spacial score (nSPS) is 23.5. The van der Waals surface area contributed by atoms with Gasteiger partial charge in [-0.25, -0.2) is 5.84 Å². The van der Waals surface area contributed by atoms with Gasteiger partial charge in [-0.05, 0) is 19.1 Å². The third-order valence-corrected chi connectivity index (χ3v) is 3.18. The molecule has 1 aliphatic carbocycles. The number of nitrogens with zero attached hydrogens (tertiary/aromatic N) is 3. The van der Waals surface area contributed by atoms with Crippen LogP contribution in [0.3, 0.4) is 0 Å². The van der Waals surface area contributed by atoms with Gasteiger partial charge in [0.1, 0.15) is 0 Å². The van der Waals surface area contributed by atoms with E-state index in [1.165, 1.54) is 0 Å². The minimum Gasteiger partial charge on any atom is -0.399 e. The highest BCUT2D eigenvalue weighted by molar-refractivity contribution is 5.89. The summed E-state index contributed by atoms with van der Waals surface area (Å²) in [7, 11) is 0. The van der Waals surface area contributed by atoms with Crippen LogP contribution >= 0.6 is 0 Å². The number of hydrazine groups is 1. The maximum Gasteiger partial charge on any atom is 0.322 e. The van der Waals surface area contributed by atoms with Gasteiger partial charge in [0, 0.05) is 24.0 Å². The minimum atomic E-state index is -0.635. The molecule has 1 amide bonds. The molecule has 1 aliphatic heterocycles. The average molecular weight is 275 g/mol. The third kappa shape index (κ3) is 2.03. The molecule has 0 spiro atoms. The molecular formula is C11H13N7O2. The van der Waals surface area contributed by atoms with E-state index in [0.29, 0.717) is 6.42 Å². The van der Waals surface area contributed by atoms with Crippen LogP contribution in [0.5, 0.6) is 0 Å². The van der Waals surface area contributed by atoms with E-state index >= 15 is 0 Å². The van der Waals surface area contributed by atoms with E-state index in [1.54, 1.807) is 0 Å². The van der Waals surface area contributed by atoms with Crippen LogP contribution in [0.4, 0.5) is 6.01 Å². The molecular weight excluding hydrogens is 262 g/mol. The maximum absolute atomic E-state index is 11.2. The first-order valence-corrected chi connectivity index (χ1v) is 5.94. The average Bonchev–Trinajstić information content (AvgIpc) is 3.03. The summed E-state index contributed by atoms with van der Waals surface area (Å²) in [6, 6.07) is 0.137. The van der Waals surface area contributed by atoms with Crippen molar-refractivity contribution in [3.05, 3.63) is 29.4 Å². The lowest BCUT2D eigenvalue weighted by Crippen LogP contribution is -2.30. The van der Waals surface area contributed by atoms with Crippen molar-refractivity contribution in [1.29, 1.82) is 0 Å². The van der Waals surface area contributed by atoms with Gasteiger partial charge in [-0.1, -0.05) is 5.10 Å². The van der Waals surface area contributed by atoms with Gasteiger partial charge >= 0.3 is 17.8 Å². The van der Waals surface area contributed by atoms with E-state index in [-0.39, 0.29) is 17.3 Å². The molecule has 9 nitrogen and oxygen atoms in total. The second-order valence-corrected chi connectivity index (χ2v) is 4.75. The summed E-state index contributed by atoms with van der Waals surface area (Å²) in [6.45, 7) is 2.07. The summed E-state index contributed by atoms with van der Waals surface area (Å²) >= 11 is 0. The van der Waals surface area contributed by atoms with Crippen LogP contribution in [0.1, 0.15) is 24.0 Å². The molecule has 0 radical (unpaired) electrons. The van der Waals surface area contributed by atoms with Crippen molar-refractivity contribution in [3.8, 4) is 0 Å². The van der Waals surface area contributed by atoms with Crippen LogP contribution in [0, 0.1) is 5.41 Å². The Hall–Kier alpha value is -2.68. The van der Waals surface area contributed by atoms with E-state index in [4.69, 9.17) is 10.3 Å². The molecule has 5 N–H and O–H groups in total. The molecule has 2 heterocycles. The predicted molar refractivity (Wildman–Crippen MR) is 70.1 cm³/mol. The van der Waals surface area contributed by atoms with E-state index in [0.717, 1.165) is 11.4 Å². The molecule has 1 aromatic heterocycles. The van der Waals surface area contributed by atoms with Crippen LogP contribution < -0.4 is 22.0 Å². The van der Waals surface area contributed by atoms with Crippen molar-refractivity contribution in [3.63, 3.8) is 0 Å². The van der Waals surface area contributed by atoms with Crippen LogP contribution in [0.2, 0.25) is 0 Å². The molecule has 104 valence electrons. The molecule has 0 bridgehead atoms. The van der Waals surface area contributed by atoms with Crippen molar-refractivity contribution in [2.24, 2.45) is 16.4 Å². The summed E-state index contributed by atoms with van der Waals surface area (Å²) < 4.78 is 5.15. The molecule has 0 saturated heterocycles. The highest BCUT2D eigenvalue weighted by Gasteiger charge is 2.34. The zero-order valence-electron chi connectivity index (χ0n) is 10.7. The van der Waals surface area contributed by atoms with Crippen LogP contribution in [0.25, 0.3) is 0 Å². The van der Waals surface area contributed by atoms with E-state index in [1.807, 2.05) is 23.8 Å². The standard InChI is InChI=1S/C11H13N7O2/c1-11-4-6(2-3-7(11)16-13-5-11)14-10-18-17-9(20-10)8(19)15-12/h2-3,5,16H,4,12H2,1H3,(H,14,18)(H,15,19). The van der Waals surface area contributed by atoms with Gasteiger partial charge in [0.15, 0.2) is 0 Å². The largest absolute Gasteiger partial charge is 0.399 e. The van der Waals surface area contributed by atoms with Gasteiger partial charge in [0.2, 0.25) is 0 Å². The lowest BCUT2D eigenvalue weighted by Gasteiger charge is -2.26. The van der Waals surface area contributed by atoms with Crippen LogP contribution in [-0.2, 0) is 0 Å². The van der Waals surface area contributed by atoms with Crippen molar-refractivity contribution >= 4 is 18.1 Å². The number of rotatable bonds is 3. The number of carbonyl (C=O) groups excluding carboxylic acids is 1. The number of hydrazone groups is 1. The van der Waals surface area contributed by atoms with Gasteiger partial charge < -0.3 is 9.73 Å². The van der Waals surface area contributed by atoms with Gasteiger partial charge in [0.25, 0.3) is 0 Å². The number of fused-ring (bicyclic) bond motifs is 1. The highest BCUT2D eigenvalue weighted by Crippen LogP contribution is 2.37. The fraction of sp³-hybridized carbons (Fsp3) is 0.273. The zero-order valence-corrected chi connectivity index (χ0v) is 10.7. The van der Waals surface area contributed by atoms with Gasteiger partial charge in [0.05, 0.1) is 5.41 Å². The Kier molecular flexibility index (Phi) is 2.75. The van der Waals surface area contributed by atoms with E-state index in [9.17, 15) is 4.79 Å². The summed E-state index contributed by atoms with van der Waals surface area (Å²) in [5.74, 6) is 4.15. The first-order valence-electron chi connectivity index (χ1n) is 5.94. The van der Waals surface area contributed by atoms with E-state index < -0.39 is 5.91 Å². The smallest absolute Gasteiger partial charge is 0.322 e. The number of hydrogen-bond donors (Lipinski definition) is 4. The number of aromatic nitrogens is 2. The Balaban J connectivity index is 1.74. The highest BCUT2D eigenvalue weighted by atomic mass is 16.4. The van der Waals surface area contributed by atoms with E-state index in [2.05, 4.69) is 33.0 Å². The first-order chi connectivity index (χ1) is 9.60. The number of nitrogens with two attached hydrogens (primary N) is 1. The predicted octanol–water partition coefficient (Wildman–Crippen LogP) is -0.148. The topological polar surface area (TPSA) is 130 Å². The minimum absolute atomic E-state index is 0.137. The third-order valence-electron chi connectivity index (χ3n) is 3.18. The summed E-state index contributed by atoms with van der Waals surface area (Å²) in [5, 5.41) is 14.4. The number of carbonyl (C=O) groups is 1. The van der Waals surface area contributed by atoms with Gasteiger partial charge in [-0.15, -0.1) is 5.10 Å². The quantitative estimate of drug-likeness (QED) is 0.343. The number of anilines is 1. The molecule has 1 aromatic rings. The fourth-order valence-electron chi connectivity index (χ4n) is 2.10. The fourth-order valence-corrected chi connectivity index (χ4v) is 2.10. The molecule has 2 aliphatic rings. The monoisotopic (exact) mass is 275 g/mol. The molecule has 9 heteroatoms. The number of amides is 1. The van der Waals surface area contributed by atoms with Gasteiger partial charge in [-0.3, -0.25) is 15.6 Å². The second kappa shape index (κ2) is 4.46. The van der Waals surface area contributed by atoms with Crippen molar-refractivity contribution in [1.82, 2.24) is 21.0 Å². The molecule has 3 rings (SSSR count). The number of hydrogen-bond acceptors (Lipinski definition) is 8. The molecule has 20 heavy (non-hydrogen) atoms. The zero-order chi connectivity index (χ0) is 14.2. The molecule has 0 saturated carbocycles. The van der Waals surface area contributed by atoms with Crippen LogP contribution in [0.15, 0.2) is 33.1 Å². The molecule has 1 atom stereocenters. The number of nitrogen functional groups attached to an aromatic ring is 1. The maximum atomic E-state index is 11.2. The summed E-state index contributed by atoms with van der Waals surface area (Å²) in [5.41, 5.74) is 6.62. The lowest BCUT2D eigenvalue weighted by atomic mass is 9.81. The summed E-state index contributed by atoms with van der Waals surface area (Å²) in [6.07, 6.45) is 6.39. The Morgan fingerprint density at radius 1 is 1.50 bits per heavy atom. The van der Waals surface area contributed by atoms with Crippen molar-refractivity contribution in [2.45, 2.75) is 13.3 Å². The van der Waals surface area contributed by atoms with Gasteiger partial charge in [-0.2, -0.15) is 5.10 Å². The molecule has 0 aromatic carbocycles. The number of nitrogens with one attached hydrogen (secondary N) is 3. The Morgan fingerprint density at radius 3 is 3.15 bits per heavy atom. The lowest BCUT2D eigenvalue weighted by molar-refractivity contribution is 0.0920. The Labute approximate surface area is 114 Å². The Morgan fingerprint density at radius 2 is 2.35 bits per heavy atom. The summed E-state index contributed by atoms with van der Waals surface area (Å²) in [4.78, 5) is 11.2. The van der Waals surface area contributed by atoms with Crippen molar-refractivity contribution in [2.75, 3.05) is 5.32 Å². The molecule has 0 fully saturated rings. The second-order valence-electron chi connectivity index (χ2n) is 4.75. The molecule has 1 unspecified atom stereocenters. The SMILES string of the molecule is CC12C=NNC1=CC=C(Nc1nnc(C(=O)NN)o1)C2. The van der Waals surface area contributed by atoms with Crippen molar-refractivity contribution < 1.29 is 9.21 Å². The Bertz CT molecular complexity index is 645. The number of allylic oxidation sites excluding steroid dienone is 4. The van der Waals surface area contributed by atoms with Crippen LogP contribution in [-0.4, -0.2) is 22.3 Å².